The summed E-state index contributed by atoms with van der Waals surface area (Å²) in [6.45, 7) is 4.40. The number of thioether (sulfide) groups is 1. The zero-order valence-electron chi connectivity index (χ0n) is 15.2. The summed E-state index contributed by atoms with van der Waals surface area (Å²) in [5.74, 6) is 0.401. The number of carbonyl (C=O) groups is 2. The average molecular weight is 401 g/mol. The summed E-state index contributed by atoms with van der Waals surface area (Å²) in [6.07, 6.45) is 4.10. The molecule has 27 heavy (non-hydrogen) atoms. The Morgan fingerprint density at radius 3 is 2.85 bits per heavy atom. The van der Waals surface area contributed by atoms with Crippen LogP contribution in [0.3, 0.4) is 0 Å². The van der Waals surface area contributed by atoms with Crippen molar-refractivity contribution in [3.05, 3.63) is 58.4 Å². The number of rotatable bonds is 6. The number of hydrogen-bond acceptors (Lipinski definition) is 5. The number of carbonyl (C=O) groups excluding carboxylic acids is 2. The molecule has 2 amide bonds. The van der Waals surface area contributed by atoms with Gasteiger partial charge in [-0.1, -0.05) is 41.7 Å². The molecule has 0 saturated carbocycles. The van der Waals surface area contributed by atoms with Crippen LogP contribution in [-0.4, -0.2) is 27.6 Å². The molecule has 140 valence electrons. The van der Waals surface area contributed by atoms with Crippen LogP contribution in [0, 0.1) is 13.8 Å². The van der Waals surface area contributed by atoms with Crippen molar-refractivity contribution in [1.29, 1.82) is 0 Å². The van der Waals surface area contributed by atoms with Crippen molar-refractivity contribution in [2.24, 2.45) is 0 Å². The fraction of sp³-hybridized carbons (Fsp3) is 0.250. The van der Waals surface area contributed by atoms with E-state index < -0.39 is 0 Å². The maximum Gasteiger partial charge on any atom is 0.266 e. The number of amides is 2. The molecule has 1 N–H and O–H groups in total. The Bertz CT molecular complexity index is 904. The van der Waals surface area contributed by atoms with E-state index in [1.807, 2.05) is 32.0 Å². The minimum absolute atomic E-state index is 0.0708. The third kappa shape index (κ3) is 4.87. The van der Waals surface area contributed by atoms with E-state index in [0.717, 1.165) is 16.8 Å². The molecule has 1 fully saturated rings. The quantitative estimate of drug-likeness (QED) is 0.571. The molecule has 3 rings (SSSR count). The lowest BCUT2D eigenvalue weighted by atomic mass is 10.1. The fourth-order valence-electron chi connectivity index (χ4n) is 2.76. The molecule has 5 nitrogen and oxygen atoms in total. The van der Waals surface area contributed by atoms with Gasteiger partial charge in [0.1, 0.15) is 10.1 Å². The molecule has 1 aliphatic rings. The summed E-state index contributed by atoms with van der Waals surface area (Å²) in [4.78, 5) is 26.8. The molecular formula is C20H20N2O3S2. The molecule has 1 saturated heterocycles. The van der Waals surface area contributed by atoms with Gasteiger partial charge in [0.05, 0.1) is 11.2 Å². The topological polar surface area (TPSA) is 62.6 Å². The van der Waals surface area contributed by atoms with Crippen LogP contribution in [0.25, 0.3) is 6.08 Å². The Balaban J connectivity index is 1.52. The summed E-state index contributed by atoms with van der Waals surface area (Å²) in [6, 6.07) is 9.45. The molecule has 0 atom stereocenters. The molecule has 0 bridgehead atoms. The lowest BCUT2D eigenvalue weighted by molar-refractivity contribution is -0.122. The third-order valence-electron chi connectivity index (χ3n) is 4.13. The average Bonchev–Trinajstić information content (AvgIpc) is 3.21. The zero-order valence-corrected chi connectivity index (χ0v) is 16.8. The van der Waals surface area contributed by atoms with Crippen molar-refractivity contribution in [2.45, 2.75) is 26.7 Å². The highest BCUT2D eigenvalue weighted by atomic mass is 32.2. The maximum atomic E-state index is 12.5. The predicted molar refractivity (Wildman–Crippen MR) is 112 cm³/mol. The van der Waals surface area contributed by atoms with Crippen LogP contribution in [0.15, 0.2) is 45.9 Å². The number of hydrogen-bond donors (Lipinski definition) is 1. The van der Waals surface area contributed by atoms with E-state index >= 15 is 0 Å². The molecule has 1 aromatic heterocycles. The van der Waals surface area contributed by atoms with Crippen molar-refractivity contribution < 1.29 is 14.0 Å². The minimum atomic E-state index is -0.142. The van der Waals surface area contributed by atoms with Gasteiger partial charge in [0.25, 0.3) is 5.91 Å². The zero-order chi connectivity index (χ0) is 19.4. The monoisotopic (exact) mass is 400 g/mol. The first-order chi connectivity index (χ1) is 12.9. The van der Waals surface area contributed by atoms with Gasteiger partial charge in [-0.2, -0.15) is 0 Å². The Kier molecular flexibility index (Phi) is 6.13. The van der Waals surface area contributed by atoms with Gasteiger partial charge in [-0.25, -0.2) is 0 Å². The number of anilines is 1. The van der Waals surface area contributed by atoms with E-state index in [1.165, 1.54) is 11.8 Å². The number of thiocarbonyl (C=S) groups is 1. The summed E-state index contributed by atoms with van der Waals surface area (Å²) >= 11 is 6.55. The fourth-order valence-corrected chi connectivity index (χ4v) is 4.05. The van der Waals surface area contributed by atoms with E-state index in [1.54, 1.807) is 29.4 Å². The summed E-state index contributed by atoms with van der Waals surface area (Å²) in [5.41, 5.74) is 3.00. The van der Waals surface area contributed by atoms with E-state index in [0.29, 0.717) is 34.4 Å². The second kappa shape index (κ2) is 8.54. The highest BCUT2D eigenvalue weighted by Gasteiger charge is 2.31. The molecule has 0 radical (unpaired) electrons. The predicted octanol–water partition coefficient (Wildman–Crippen LogP) is 4.52. The Morgan fingerprint density at radius 2 is 2.15 bits per heavy atom. The Morgan fingerprint density at radius 1 is 1.33 bits per heavy atom. The molecule has 0 spiro atoms. The molecular weight excluding hydrogens is 380 g/mol. The lowest BCUT2D eigenvalue weighted by Gasteiger charge is -2.14. The molecule has 1 aliphatic heterocycles. The summed E-state index contributed by atoms with van der Waals surface area (Å²) < 4.78 is 5.75. The van der Waals surface area contributed by atoms with Crippen LogP contribution in [0.1, 0.15) is 29.7 Å². The van der Waals surface area contributed by atoms with Crippen molar-refractivity contribution in [3.63, 3.8) is 0 Å². The number of benzene rings is 1. The van der Waals surface area contributed by atoms with Crippen molar-refractivity contribution >= 4 is 51.9 Å². The molecule has 2 aromatic rings. The van der Waals surface area contributed by atoms with Crippen molar-refractivity contribution in [2.75, 3.05) is 11.9 Å². The normalized spacial score (nSPS) is 15.6. The second-order valence-electron chi connectivity index (χ2n) is 6.32. The van der Waals surface area contributed by atoms with Crippen LogP contribution < -0.4 is 5.32 Å². The number of aryl methyl sites for hydroxylation is 2. The van der Waals surface area contributed by atoms with Crippen LogP contribution in [0.5, 0.6) is 0 Å². The summed E-state index contributed by atoms with van der Waals surface area (Å²) in [7, 11) is 0. The highest BCUT2D eigenvalue weighted by molar-refractivity contribution is 8.26. The first-order valence-corrected chi connectivity index (χ1v) is 9.82. The molecule has 0 unspecified atom stereocenters. The number of nitrogens with zero attached hydrogens (tertiary/aromatic N) is 1. The second-order valence-corrected chi connectivity index (χ2v) is 7.99. The first-order valence-electron chi connectivity index (χ1n) is 8.60. The van der Waals surface area contributed by atoms with Gasteiger partial charge in [-0.05, 0) is 44.0 Å². The SMILES string of the molecule is Cc1ccc(NC(=O)CCCN2C(=O)/C(=C/c3ccco3)SC2=S)c(C)c1. The van der Waals surface area contributed by atoms with Gasteiger partial charge in [-0.3, -0.25) is 14.5 Å². The van der Waals surface area contributed by atoms with Gasteiger partial charge in [-0.15, -0.1) is 0 Å². The summed E-state index contributed by atoms with van der Waals surface area (Å²) in [5, 5.41) is 2.92. The first kappa shape index (κ1) is 19.4. The van der Waals surface area contributed by atoms with Crippen molar-refractivity contribution in [1.82, 2.24) is 4.90 Å². The van der Waals surface area contributed by atoms with Gasteiger partial charge >= 0.3 is 0 Å². The third-order valence-corrected chi connectivity index (χ3v) is 5.51. The minimum Gasteiger partial charge on any atom is -0.465 e. The van der Waals surface area contributed by atoms with Crippen LogP contribution in [0.4, 0.5) is 5.69 Å². The number of furan rings is 1. The van der Waals surface area contributed by atoms with Gasteiger partial charge in [0.15, 0.2) is 0 Å². The van der Waals surface area contributed by atoms with Gasteiger partial charge < -0.3 is 9.73 Å². The maximum absolute atomic E-state index is 12.5. The standard InChI is InChI=1S/C20H20N2O3S2/c1-13-7-8-16(14(2)11-13)21-18(23)6-3-9-22-19(24)17(27-20(22)26)12-15-5-4-10-25-15/h4-5,7-8,10-12H,3,6,9H2,1-2H3,(H,21,23)/b17-12-. The largest absolute Gasteiger partial charge is 0.465 e. The van der Waals surface area contributed by atoms with Crippen LogP contribution in [0.2, 0.25) is 0 Å². The van der Waals surface area contributed by atoms with E-state index in [-0.39, 0.29) is 11.8 Å². The smallest absolute Gasteiger partial charge is 0.266 e. The molecule has 2 heterocycles. The Hall–Kier alpha value is -2.38. The van der Waals surface area contributed by atoms with E-state index in [4.69, 9.17) is 16.6 Å². The molecule has 1 aromatic carbocycles. The van der Waals surface area contributed by atoms with Gasteiger partial charge in [0, 0.05) is 24.7 Å². The Labute approximate surface area is 167 Å². The highest BCUT2D eigenvalue weighted by Crippen LogP contribution is 2.32. The lowest BCUT2D eigenvalue weighted by Crippen LogP contribution is -2.29. The van der Waals surface area contributed by atoms with E-state index in [9.17, 15) is 9.59 Å². The molecule has 0 aliphatic carbocycles. The van der Waals surface area contributed by atoms with E-state index in [2.05, 4.69) is 5.32 Å². The van der Waals surface area contributed by atoms with Crippen LogP contribution >= 0.6 is 24.0 Å². The molecule has 7 heteroatoms. The van der Waals surface area contributed by atoms with Crippen molar-refractivity contribution in [3.8, 4) is 0 Å². The van der Waals surface area contributed by atoms with Gasteiger partial charge in [0.2, 0.25) is 5.91 Å². The number of nitrogens with one attached hydrogen (secondary N) is 1. The van der Waals surface area contributed by atoms with Crippen LogP contribution in [-0.2, 0) is 9.59 Å².